The van der Waals surface area contributed by atoms with Gasteiger partial charge in [0.1, 0.15) is 5.75 Å². The molecule has 3 atom stereocenters. The van der Waals surface area contributed by atoms with Gasteiger partial charge in [0, 0.05) is 23.1 Å². The van der Waals surface area contributed by atoms with Gasteiger partial charge in [-0.15, -0.1) is 0 Å². The van der Waals surface area contributed by atoms with Crippen molar-refractivity contribution in [3.8, 4) is 5.75 Å². The molecule has 6 heteroatoms. The number of hydrogen-bond donors (Lipinski definition) is 1. The summed E-state index contributed by atoms with van der Waals surface area (Å²) in [7, 11) is 1.38. The summed E-state index contributed by atoms with van der Waals surface area (Å²) in [6.45, 7) is 2.41. The standard InChI is InChI=1S/C24H26ClNO4/c1-17(16-30-21-9-7-18(8-10-21)13-23(28)29-2)24(11-4-12-26-24)22(15-27)19-5-3-6-20(25)14-19/h3-12,14,17,22,27H,13,15-16H2,1-2H3. The summed E-state index contributed by atoms with van der Waals surface area (Å²) in [5.41, 5.74) is 1.18. The van der Waals surface area contributed by atoms with E-state index in [9.17, 15) is 9.90 Å². The Bertz CT molecular complexity index is 911. The molecular formula is C24H26ClNO4. The van der Waals surface area contributed by atoms with E-state index in [-0.39, 0.29) is 30.8 Å². The lowest BCUT2D eigenvalue weighted by Crippen LogP contribution is -2.42. The molecule has 3 rings (SSSR count). The lowest BCUT2D eigenvalue weighted by molar-refractivity contribution is -0.139. The molecule has 1 heterocycles. The van der Waals surface area contributed by atoms with Crippen LogP contribution in [-0.2, 0) is 16.0 Å². The summed E-state index contributed by atoms with van der Waals surface area (Å²) in [5, 5.41) is 10.9. The molecule has 1 N–H and O–H groups in total. The normalized spacial score (nSPS) is 19.5. The number of rotatable bonds is 9. The van der Waals surface area contributed by atoms with Gasteiger partial charge in [0.15, 0.2) is 0 Å². The Labute approximate surface area is 182 Å². The summed E-state index contributed by atoms with van der Waals surface area (Å²) in [4.78, 5) is 16.1. The molecule has 0 saturated heterocycles. The third-order valence-corrected chi connectivity index (χ3v) is 5.76. The molecule has 30 heavy (non-hydrogen) atoms. The first-order valence-electron chi connectivity index (χ1n) is 9.86. The second-order valence-electron chi connectivity index (χ2n) is 7.42. The summed E-state index contributed by atoms with van der Waals surface area (Å²) < 4.78 is 10.7. The summed E-state index contributed by atoms with van der Waals surface area (Å²) >= 11 is 6.18. The predicted molar refractivity (Wildman–Crippen MR) is 118 cm³/mol. The summed E-state index contributed by atoms with van der Waals surface area (Å²) in [6.07, 6.45) is 5.94. The van der Waals surface area contributed by atoms with Gasteiger partial charge in [0.2, 0.25) is 0 Å². The molecule has 0 amide bonds. The lowest BCUT2D eigenvalue weighted by Gasteiger charge is -2.38. The van der Waals surface area contributed by atoms with Gasteiger partial charge in [-0.2, -0.15) is 0 Å². The van der Waals surface area contributed by atoms with Crippen molar-refractivity contribution in [3.05, 3.63) is 76.8 Å². The number of aliphatic hydroxyl groups is 1. The van der Waals surface area contributed by atoms with Crippen LogP contribution in [0.15, 0.2) is 65.7 Å². The number of nitrogens with zero attached hydrogens (tertiary/aromatic N) is 1. The molecular weight excluding hydrogens is 402 g/mol. The maximum atomic E-state index is 11.4. The fourth-order valence-corrected chi connectivity index (χ4v) is 3.99. The minimum Gasteiger partial charge on any atom is -0.493 e. The van der Waals surface area contributed by atoms with Crippen molar-refractivity contribution < 1.29 is 19.4 Å². The minimum absolute atomic E-state index is 0.0154. The number of benzene rings is 2. The highest BCUT2D eigenvalue weighted by atomic mass is 35.5. The van der Waals surface area contributed by atoms with Crippen molar-refractivity contribution in [1.82, 2.24) is 0 Å². The Morgan fingerprint density at radius 3 is 2.60 bits per heavy atom. The number of aliphatic hydroxyl groups excluding tert-OH is 1. The number of aliphatic imine (C=N–C) groups is 1. The molecule has 1 aliphatic rings. The highest BCUT2D eigenvalue weighted by molar-refractivity contribution is 6.30. The fourth-order valence-electron chi connectivity index (χ4n) is 3.79. The molecule has 0 radical (unpaired) electrons. The Kier molecular flexibility index (Phi) is 7.29. The van der Waals surface area contributed by atoms with Crippen molar-refractivity contribution in [1.29, 1.82) is 0 Å². The van der Waals surface area contributed by atoms with E-state index in [4.69, 9.17) is 21.3 Å². The molecule has 0 saturated carbocycles. The van der Waals surface area contributed by atoms with Crippen LogP contribution in [0.2, 0.25) is 5.02 Å². The van der Waals surface area contributed by atoms with Crippen molar-refractivity contribution in [3.63, 3.8) is 0 Å². The molecule has 0 aromatic heterocycles. The molecule has 3 unspecified atom stereocenters. The Hall–Kier alpha value is -2.63. The van der Waals surface area contributed by atoms with Crippen LogP contribution in [-0.4, -0.2) is 43.2 Å². The van der Waals surface area contributed by atoms with Gasteiger partial charge in [-0.25, -0.2) is 0 Å². The van der Waals surface area contributed by atoms with Crippen LogP contribution >= 0.6 is 11.6 Å². The van der Waals surface area contributed by atoms with Gasteiger partial charge in [0.05, 0.1) is 32.3 Å². The molecule has 2 aromatic carbocycles. The summed E-state index contributed by atoms with van der Waals surface area (Å²) in [5.74, 6) is 0.173. The first-order valence-corrected chi connectivity index (χ1v) is 10.2. The first kappa shape index (κ1) is 22.1. The van der Waals surface area contributed by atoms with Crippen molar-refractivity contribution in [2.75, 3.05) is 20.3 Å². The quantitative estimate of drug-likeness (QED) is 0.608. The zero-order valence-corrected chi connectivity index (χ0v) is 17.9. The lowest BCUT2D eigenvalue weighted by atomic mass is 9.73. The number of carbonyl (C=O) groups excluding carboxylic acids is 1. The Morgan fingerprint density at radius 1 is 1.23 bits per heavy atom. The van der Waals surface area contributed by atoms with E-state index >= 15 is 0 Å². The van der Waals surface area contributed by atoms with Crippen LogP contribution in [0.25, 0.3) is 0 Å². The average molecular weight is 428 g/mol. The number of carbonyl (C=O) groups is 1. The minimum atomic E-state index is -0.621. The molecule has 0 bridgehead atoms. The van der Waals surface area contributed by atoms with Crippen LogP contribution < -0.4 is 4.74 Å². The fraction of sp³-hybridized carbons (Fsp3) is 0.333. The van der Waals surface area contributed by atoms with E-state index in [1.165, 1.54) is 7.11 Å². The molecule has 0 fully saturated rings. The summed E-state index contributed by atoms with van der Waals surface area (Å²) in [6, 6.07) is 14.9. The SMILES string of the molecule is COC(=O)Cc1ccc(OCC(C)C2(C(CO)c3cccc(Cl)c3)C=CC=N2)cc1. The smallest absolute Gasteiger partial charge is 0.309 e. The molecule has 2 aromatic rings. The predicted octanol–water partition coefficient (Wildman–Crippen LogP) is 4.23. The zero-order chi connectivity index (χ0) is 21.6. The van der Waals surface area contributed by atoms with Gasteiger partial charge in [-0.05, 0) is 41.5 Å². The van der Waals surface area contributed by atoms with Crippen LogP contribution in [0.4, 0.5) is 0 Å². The number of hydrogen-bond acceptors (Lipinski definition) is 5. The Balaban J connectivity index is 1.73. The maximum absolute atomic E-state index is 11.4. The van der Waals surface area contributed by atoms with E-state index in [2.05, 4.69) is 11.7 Å². The average Bonchev–Trinajstić information content (AvgIpc) is 3.24. The van der Waals surface area contributed by atoms with Gasteiger partial charge in [0.25, 0.3) is 0 Å². The molecule has 0 aliphatic carbocycles. The number of methoxy groups -OCH3 is 1. The van der Waals surface area contributed by atoms with Crippen molar-refractivity contribution >= 4 is 23.8 Å². The van der Waals surface area contributed by atoms with E-state index in [1.54, 1.807) is 6.21 Å². The molecule has 0 spiro atoms. The monoisotopic (exact) mass is 427 g/mol. The van der Waals surface area contributed by atoms with Crippen LogP contribution in [0.5, 0.6) is 5.75 Å². The van der Waals surface area contributed by atoms with Crippen molar-refractivity contribution in [2.24, 2.45) is 10.9 Å². The van der Waals surface area contributed by atoms with Gasteiger partial charge < -0.3 is 14.6 Å². The topological polar surface area (TPSA) is 68.1 Å². The first-order chi connectivity index (χ1) is 14.5. The van der Waals surface area contributed by atoms with Crippen LogP contribution in [0.3, 0.4) is 0 Å². The van der Waals surface area contributed by atoms with E-state index in [1.807, 2.05) is 60.7 Å². The van der Waals surface area contributed by atoms with E-state index in [0.717, 1.165) is 11.1 Å². The number of esters is 1. The molecule has 158 valence electrons. The number of allylic oxidation sites excluding steroid dienone is 1. The number of halogens is 1. The highest BCUT2D eigenvalue weighted by Crippen LogP contribution is 2.41. The number of ether oxygens (including phenoxy) is 2. The Morgan fingerprint density at radius 2 is 2.00 bits per heavy atom. The highest BCUT2D eigenvalue weighted by Gasteiger charge is 2.43. The molecule has 5 nitrogen and oxygen atoms in total. The van der Waals surface area contributed by atoms with Crippen LogP contribution in [0.1, 0.15) is 24.0 Å². The molecule has 1 aliphatic heterocycles. The third kappa shape index (κ3) is 4.91. The van der Waals surface area contributed by atoms with Crippen LogP contribution in [0, 0.1) is 5.92 Å². The van der Waals surface area contributed by atoms with Gasteiger partial charge >= 0.3 is 5.97 Å². The van der Waals surface area contributed by atoms with Gasteiger partial charge in [-0.3, -0.25) is 9.79 Å². The zero-order valence-electron chi connectivity index (χ0n) is 17.1. The van der Waals surface area contributed by atoms with E-state index < -0.39 is 5.54 Å². The third-order valence-electron chi connectivity index (χ3n) is 5.53. The van der Waals surface area contributed by atoms with E-state index in [0.29, 0.717) is 17.4 Å². The second-order valence-corrected chi connectivity index (χ2v) is 7.86. The van der Waals surface area contributed by atoms with Gasteiger partial charge in [-0.1, -0.05) is 48.9 Å². The maximum Gasteiger partial charge on any atom is 0.309 e. The largest absolute Gasteiger partial charge is 0.493 e. The second kappa shape index (κ2) is 9.92. The van der Waals surface area contributed by atoms with Crippen molar-refractivity contribution in [2.45, 2.75) is 24.8 Å².